The number of nitrogens with two attached hydrogens (primary N) is 1. The number of carbonyl (C=O) groups excluding carboxylic acids is 1. The number of hydrogen-bond acceptors (Lipinski definition) is 3. The summed E-state index contributed by atoms with van der Waals surface area (Å²) in [5.41, 5.74) is 5.78. The number of nitrogens with one attached hydrogen (secondary N) is 2. The smallest absolute Gasteiger partial charge is 0.221 e. The molecule has 1 amide bonds. The number of rotatable bonds is 6. The summed E-state index contributed by atoms with van der Waals surface area (Å²) in [4.78, 5) is 11.5. The summed E-state index contributed by atoms with van der Waals surface area (Å²) in [6.45, 7) is 1.56. The van der Waals surface area contributed by atoms with Gasteiger partial charge in [-0.25, -0.2) is 0 Å². The van der Waals surface area contributed by atoms with Crippen LogP contribution in [0, 0.1) is 5.92 Å². The van der Waals surface area contributed by atoms with Crippen LogP contribution in [0.15, 0.2) is 0 Å². The molecule has 98 valence electrons. The van der Waals surface area contributed by atoms with E-state index in [-0.39, 0.29) is 5.91 Å². The van der Waals surface area contributed by atoms with Gasteiger partial charge >= 0.3 is 0 Å². The monoisotopic (exact) mass is 239 g/mol. The van der Waals surface area contributed by atoms with Gasteiger partial charge in [-0.3, -0.25) is 4.79 Å². The van der Waals surface area contributed by atoms with Gasteiger partial charge in [0.1, 0.15) is 0 Å². The second-order valence-corrected chi connectivity index (χ2v) is 5.43. The lowest BCUT2D eigenvalue weighted by Crippen LogP contribution is -2.43. The molecule has 0 aromatic heterocycles. The molecule has 2 aliphatic rings. The molecule has 0 spiro atoms. The van der Waals surface area contributed by atoms with Crippen molar-refractivity contribution in [2.45, 2.75) is 57.0 Å². The second-order valence-electron chi connectivity index (χ2n) is 5.43. The zero-order chi connectivity index (χ0) is 12.1. The Balaban J connectivity index is 1.60. The van der Waals surface area contributed by atoms with E-state index in [1.54, 1.807) is 0 Å². The van der Waals surface area contributed by atoms with Gasteiger partial charge in [-0.05, 0) is 38.1 Å². The number of carbonyl (C=O) groups is 1. The topological polar surface area (TPSA) is 67.1 Å². The van der Waals surface area contributed by atoms with Crippen molar-refractivity contribution >= 4 is 5.91 Å². The van der Waals surface area contributed by atoms with Crippen LogP contribution in [0.5, 0.6) is 0 Å². The highest BCUT2D eigenvalue weighted by molar-refractivity contribution is 5.76. The van der Waals surface area contributed by atoms with E-state index in [1.165, 1.54) is 25.7 Å². The van der Waals surface area contributed by atoms with Crippen molar-refractivity contribution in [3.63, 3.8) is 0 Å². The van der Waals surface area contributed by atoms with Crippen LogP contribution in [-0.4, -0.2) is 31.1 Å². The first-order valence-electron chi connectivity index (χ1n) is 7.02. The fourth-order valence-electron chi connectivity index (χ4n) is 2.66. The van der Waals surface area contributed by atoms with Gasteiger partial charge < -0.3 is 16.4 Å². The van der Waals surface area contributed by atoms with Crippen LogP contribution >= 0.6 is 0 Å². The predicted molar refractivity (Wildman–Crippen MR) is 68.6 cm³/mol. The van der Waals surface area contributed by atoms with Crippen molar-refractivity contribution in [3.05, 3.63) is 0 Å². The lowest BCUT2D eigenvalue weighted by molar-refractivity contribution is -0.121. The average molecular weight is 239 g/mol. The maximum Gasteiger partial charge on any atom is 0.221 e. The van der Waals surface area contributed by atoms with Crippen molar-refractivity contribution in [2.75, 3.05) is 13.1 Å². The third kappa shape index (κ3) is 4.28. The molecular weight excluding hydrogens is 214 g/mol. The Labute approximate surface area is 104 Å². The highest BCUT2D eigenvalue weighted by atomic mass is 16.1. The zero-order valence-corrected chi connectivity index (χ0v) is 10.6. The Kier molecular flexibility index (Phi) is 4.80. The van der Waals surface area contributed by atoms with E-state index in [9.17, 15) is 4.79 Å². The molecule has 2 unspecified atom stereocenters. The summed E-state index contributed by atoms with van der Waals surface area (Å²) in [5, 5.41) is 6.52. The lowest BCUT2D eigenvalue weighted by Gasteiger charge is -2.31. The highest BCUT2D eigenvalue weighted by Crippen LogP contribution is 2.23. The maximum atomic E-state index is 11.5. The van der Waals surface area contributed by atoms with Gasteiger partial charge in [-0.15, -0.1) is 0 Å². The van der Waals surface area contributed by atoms with E-state index in [1.807, 2.05) is 0 Å². The van der Waals surface area contributed by atoms with Gasteiger partial charge in [0.2, 0.25) is 5.91 Å². The molecule has 2 fully saturated rings. The fourth-order valence-corrected chi connectivity index (χ4v) is 2.66. The van der Waals surface area contributed by atoms with Gasteiger partial charge in [0.05, 0.1) is 0 Å². The summed E-state index contributed by atoms with van der Waals surface area (Å²) in [7, 11) is 0. The largest absolute Gasteiger partial charge is 0.353 e. The zero-order valence-electron chi connectivity index (χ0n) is 10.6. The molecule has 0 aromatic carbocycles. The molecule has 2 saturated carbocycles. The Hall–Kier alpha value is -0.610. The van der Waals surface area contributed by atoms with Crippen LogP contribution in [-0.2, 0) is 4.79 Å². The normalized spacial score (nSPS) is 29.0. The van der Waals surface area contributed by atoms with Crippen LogP contribution in [0.1, 0.15) is 44.9 Å². The quantitative estimate of drug-likeness (QED) is 0.641. The summed E-state index contributed by atoms with van der Waals surface area (Å²) in [6, 6.07) is 1.01. The molecule has 4 heteroatoms. The molecule has 2 atom stereocenters. The van der Waals surface area contributed by atoms with E-state index in [0.29, 0.717) is 24.4 Å². The van der Waals surface area contributed by atoms with E-state index in [2.05, 4.69) is 10.6 Å². The minimum absolute atomic E-state index is 0.195. The van der Waals surface area contributed by atoms with Gasteiger partial charge in [0, 0.05) is 25.0 Å². The van der Waals surface area contributed by atoms with Gasteiger partial charge in [0.15, 0.2) is 0 Å². The van der Waals surface area contributed by atoms with Crippen LogP contribution < -0.4 is 16.4 Å². The number of hydrogen-bond donors (Lipinski definition) is 3. The van der Waals surface area contributed by atoms with E-state index < -0.39 is 0 Å². The Morgan fingerprint density at radius 1 is 1.18 bits per heavy atom. The Morgan fingerprint density at radius 3 is 2.65 bits per heavy atom. The first-order valence-corrected chi connectivity index (χ1v) is 7.02. The van der Waals surface area contributed by atoms with Crippen molar-refractivity contribution in [1.29, 1.82) is 0 Å². The molecule has 2 aliphatic carbocycles. The first kappa shape index (κ1) is 12.8. The summed E-state index contributed by atoms with van der Waals surface area (Å²) in [6.07, 6.45) is 7.98. The van der Waals surface area contributed by atoms with Crippen molar-refractivity contribution in [3.8, 4) is 0 Å². The summed E-state index contributed by atoms with van der Waals surface area (Å²) in [5.74, 6) is 0.801. The summed E-state index contributed by atoms with van der Waals surface area (Å²) >= 11 is 0. The number of amides is 1. The third-order valence-corrected chi connectivity index (χ3v) is 3.91. The molecule has 2 rings (SSSR count). The van der Waals surface area contributed by atoms with Crippen LogP contribution in [0.2, 0.25) is 0 Å². The Morgan fingerprint density at radius 2 is 1.94 bits per heavy atom. The Bertz CT molecular complexity index is 253. The average Bonchev–Trinajstić information content (AvgIpc) is 3.13. The fraction of sp³-hybridized carbons (Fsp3) is 0.923. The standard InChI is InChI=1S/C13H25N3O/c14-9-10-3-1-2-4-12(10)15-8-7-13(17)16-11-5-6-11/h10-12,15H,1-9,14H2,(H,16,17). The molecule has 4 nitrogen and oxygen atoms in total. The van der Waals surface area contributed by atoms with Gasteiger partial charge in [-0.1, -0.05) is 12.8 Å². The molecule has 0 radical (unpaired) electrons. The molecule has 0 aliphatic heterocycles. The third-order valence-electron chi connectivity index (χ3n) is 3.91. The van der Waals surface area contributed by atoms with Crippen LogP contribution in [0.25, 0.3) is 0 Å². The molecular formula is C13H25N3O. The van der Waals surface area contributed by atoms with Crippen LogP contribution in [0.4, 0.5) is 0 Å². The van der Waals surface area contributed by atoms with Crippen molar-refractivity contribution in [1.82, 2.24) is 10.6 Å². The molecule has 0 aromatic rings. The minimum atomic E-state index is 0.195. The predicted octanol–water partition coefficient (Wildman–Crippen LogP) is 0.762. The summed E-state index contributed by atoms with van der Waals surface area (Å²) < 4.78 is 0. The molecule has 17 heavy (non-hydrogen) atoms. The lowest BCUT2D eigenvalue weighted by atomic mass is 9.84. The minimum Gasteiger partial charge on any atom is -0.353 e. The highest BCUT2D eigenvalue weighted by Gasteiger charge is 2.25. The molecule has 4 N–H and O–H groups in total. The maximum absolute atomic E-state index is 11.5. The van der Waals surface area contributed by atoms with Crippen LogP contribution in [0.3, 0.4) is 0 Å². The van der Waals surface area contributed by atoms with Crippen molar-refractivity contribution in [2.24, 2.45) is 11.7 Å². The molecule has 0 saturated heterocycles. The second kappa shape index (κ2) is 6.36. The molecule has 0 heterocycles. The first-order chi connectivity index (χ1) is 8.29. The van der Waals surface area contributed by atoms with E-state index in [4.69, 9.17) is 5.73 Å². The van der Waals surface area contributed by atoms with E-state index in [0.717, 1.165) is 25.9 Å². The van der Waals surface area contributed by atoms with Crippen molar-refractivity contribution < 1.29 is 4.79 Å². The van der Waals surface area contributed by atoms with Gasteiger partial charge in [-0.2, -0.15) is 0 Å². The SMILES string of the molecule is NCC1CCCCC1NCCC(=O)NC1CC1. The van der Waals surface area contributed by atoms with Gasteiger partial charge in [0.25, 0.3) is 0 Å². The van der Waals surface area contributed by atoms with E-state index >= 15 is 0 Å². The molecule has 0 bridgehead atoms.